The van der Waals surface area contributed by atoms with Crippen molar-refractivity contribution in [3.8, 4) is 11.8 Å². The fourth-order valence-corrected chi connectivity index (χ4v) is 3.27. The second kappa shape index (κ2) is 9.77. The highest BCUT2D eigenvalue weighted by Crippen LogP contribution is 2.19. The molecular formula is C22H25N3O3. The predicted molar refractivity (Wildman–Crippen MR) is 107 cm³/mol. The van der Waals surface area contributed by atoms with Gasteiger partial charge in [-0.2, -0.15) is 5.26 Å². The molecule has 28 heavy (non-hydrogen) atoms. The normalized spacial score (nSPS) is 18.7. The van der Waals surface area contributed by atoms with Gasteiger partial charge in [0.25, 0.3) is 0 Å². The van der Waals surface area contributed by atoms with E-state index < -0.39 is 0 Å². The minimum Gasteiger partial charge on any atom is -0.489 e. The molecule has 6 heteroatoms. The van der Waals surface area contributed by atoms with Crippen molar-refractivity contribution in [3.05, 3.63) is 59.7 Å². The lowest BCUT2D eigenvalue weighted by Gasteiger charge is -2.26. The number of aliphatic hydroxyl groups excluding tert-OH is 1. The maximum atomic E-state index is 12.2. The number of rotatable bonds is 6. The molecular weight excluding hydrogens is 354 g/mol. The number of amides is 2. The fourth-order valence-electron chi connectivity index (χ4n) is 3.27. The number of nitrogens with one attached hydrogen (secondary N) is 2. The molecule has 3 rings (SSSR count). The molecule has 1 aliphatic carbocycles. The molecule has 0 aromatic heterocycles. The third-order valence-corrected chi connectivity index (χ3v) is 4.83. The van der Waals surface area contributed by atoms with Crippen molar-refractivity contribution in [2.75, 3.05) is 5.32 Å². The minimum atomic E-state index is -0.236. The van der Waals surface area contributed by atoms with Gasteiger partial charge >= 0.3 is 6.03 Å². The van der Waals surface area contributed by atoms with Gasteiger partial charge < -0.3 is 20.5 Å². The van der Waals surface area contributed by atoms with Crippen molar-refractivity contribution in [2.45, 2.75) is 50.9 Å². The van der Waals surface area contributed by atoms with Gasteiger partial charge in [-0.3, -0.25) is 0 Å². The zero-order chi connectivity index (χ0) is 19.8. The third-order valence-electron chi connectivity index (χ3n) is 4.83. The van der Waals surface area contributed by atoms with Gasteiger partial charge in [-0.1, -0.05) is 24.3 Å². The van der Waals surface area contributed by atoms with Gasteiger partial charge in [-0.25, -0.2) is 4.79 Å². The topological polar surface area (TPSA) is 94.4 Å². The van der Waals surface area contributed by atoms with Crippen molar-refractivity contribution in [1.29, 1.82) is 5.26 Å². The summed E-state index contributed by atoms with van der Waals surface area (Å²) in [6.45, 7) is 0.384. The van der Waals surface area contributed by atoms with Crippen LogP contribution in [0.2, 0.25) is 0 Å². The van der Waals surface area contributed by atoms with E-state index in [1.165, 1.54) is 0 Å². The molecule has 0 heterocycles. The molecule has 0 bridgehead atoms. The maximum absolute atomic E-state index is 12.2. The number of urea groups is 1. The van der Waals surface area contributed by atoms with E-state index in [4.69, 9.17) is 10.00 Å². The Morgan fingerprint density at radius 2 is 1.86 bits per heavy atom. The molecule has 1 fully saturated rings. The molecule has 2 aromatic rings. The molecule has 2 amide bonds. The monoisotopic (exact) mass is 379 g/mol. The largest absolute Gasteiger partial charge is 0.489 e. The Kier molecular flexibility index (Phi) is 6.88. The molecule has 0 radical (unpaired) electrons. The van der Waals surface area contributed by atoms with Gasteiger partial charge in [0.1, 0.15) is 12.4 Å². The van der Waals surface area contributed by atoms with Gasteiger partial charge in [-0.15, -0.1) is 0 Å². The van der Waals surface area contributed by atoms with E-state index in [2.05, 4.69) is 16.7 Å². The van der Waals surface area contributed by atoms with Crippen LogP contribution in [-0.4, -0.2) is 23.3 Å². The van der Waals surface area contributed by atoms with Crippen molar-refractivity contribution < 1.29 is 14.6 Å². The molecule has 146 valence electrons. The number of carbonyl (C=O) groups excluding carboxylic acids is 1. The Bertz CT molecular complexity index is 822. The second-order valence-corrected chi connectivity index (χ2v) is 7.07. The summed E-state index contributed by atoms with van der Waals surface area (Å²) in [5, 5.41) is 24.1. The molecule has 0 spiro atoms. The lowest BCUT2D eigenvalue weighted by Crippen LogP contribution is -2.40. The van der Waals surface area contributed by atoms with Crippen LogP contribution in [0, 0.1) is 11.3 Å². The highest BCUT2D eigenvalue weighted by atomic mass is 16.5. The van der Waals surface area contributed by atoms with Gasteiger partial charge in [0, 0.05) is 11.7 Å². The van der Waals surface area contributed by atoms with Crippen LogP contribution in [-0.2, 0) is 13.0 Å². The first kappa shape index (κ1) is 19.7. The average molecular weight is 379 g/mol. The van der Waals surface area contributed by atoms with Crippen LogP contribution in [0.3, 0.4) is 0 Å². The van der Waals surface area contributed by atoms with Crippen molar-refractivity contribution >= 4 is 11.7 Å². The highest BCUT2D eigenvalue weighted by molar-refractivity contribution is 5.89. The number of anilines is 1. The molecule has 0 unspecified atom stereocenters. The molecule has 1 aliphatic rings. The summed E-state index contributed by atoms with van der Waals surface area (Å²) in [5.74, 6) is 0.734. The summed E-state index contributed by atoms with van der Waals surface area (Å²) in [7, 11) is 0. The molecule has 3 N–H and O–H groups in total. The van der Waals surface area contributed by atoms with Gasteiger partial charge in [0.15, 0.2) is 0 Å². The number of nitriles is 1. The average Bonchev–Trinajstić information content (AvgIpc) is 2.70. The van der Waals surface area contributed by atoms with Crippen molar-refractivity contribution in [1.82, 2.24) is 5.32 Å². The zero-order valence-corrected chi connectivity index (χ0v) is 15.7. The van der Waals surface area contributed by atoms with E-state index in [1.54, 1.807) is 0 Å². The summed E-state index contributed by atoms with van der Waals surface area (Å²) in [4.78, 5) is 12.2. The number of aliphatic hydroxyl groups is 1. The van der Waals surface area contributed by atoms with E-state index in [9.17, 15) is 9.90 Å². The van der Waals surface area contributed by atoms with Gasteiger partial charge in [0.2, 0.25) is 0 Å². The number of nitrogens with zero attached hydrogens (tertiary/aromatic N) is 1. The minimum absolute atomic E-state index is 0.110. The van der Waals surface area contributed by atoms with Gasteiger partial charge in [-0.05, 0) is 61.1 Å². The summed E-state index contributed by atoms with van der Waals surface area (Å²) in [5.41, 5.74) is 2.61. The predicted octanol–water partition coefficient (Wildman–Crippen LogP) is 3.76. The van der Waals surface area contributed by atoms with Crippen LogP contribution in [0.15, 0.2) is 48.5 Å². The molecule has 2 aromatic carbocycles. The van der Waals surface area contributed by atoms with E-state index in [0.29, 0.717) is 18.7 Å². The van der Waals surface area contributed by atoms with Gasteiger partial charge in [0.05, 0.1) is 18.6 Å². The fraction of sp³-hybridized carbons (Fsp3) is 0.364. The van der Waals surface area contributed by atoms with E-state index >= 15 is 0 Å². The third kappa shape index (κ3) is 6.00. The number of carbonyl (C=O) groups is 1. The number of hydrogen-bond acceptors (Lipinski definition) is 4. The van der Waals surface area contributed by atoms with E-state index in [-0.39, 0.29) is 18.2 Å². The standard InChI is InChI=1S/C22H25N3O3/c23-13-12-16-4-10-21(11-5-16)28-15-17-2-1-3-19(14-17)25-22(27)24-18-6-8-20(26)9-7-18/h1-5,10-11,14,18,20,26H,6-9,12,15H2,(H2,24,25,27). The number of benzene rings is 2. The lowest BCUT2D eigenvalue weighted by atomic mass is 9.93. The summed E-state index contributed by atoms with van der Waals surface area (Å²) in [6.07, 6.45) is 3.22. The van der Waals surface area contributed by atoms with E-state index in [1.807, 2.05) is 48.5 Å². The van der Waals surface area contributed by atoms with Crippen LogP contribution in [0.25, 0.3) is 0 Å². The Morgan fingerprint density at radius 3 is 2.57 bits per heavy atom. The Labute approximate surface area is 165 Å². The van der Waals surface area contributed by atoms with Crippen LogP contribution in [0.5, 0.6) is 5.75 Å². The van der Waals surface area contributed by atoms with Crippen LogP contribution >= 0.6 is 0 Å². The molecule has 0 aliphatic heterocycles. The maximum Gasteiger partial charge on any atom is 0.319 e. The van der Waals surface area contributed by atoms with Crippen molar-refractivity contribution in [2.24, 2.45) is 0 Å². The first-order chi connectivity index (χ1) is 13.6. The zero-order valence-electron chi connectivity index (χ0n) is 15.7. The quantitative estimate of drug-likeness (QED) is 0.712. The SMILES string of the molecule is N#CCc1ccc(OCc2cccc(NC(=O)NC3CCC(O)CC3)c2)cc1. The smallest absolute Gasteiger partial charge is 0.319 e. The van der Waals surface area contributed by atoms with E-state index in [0.717, 1.165) is 42.6 Å². The highest BCUT2D eigenvalue weighted by Gasteiger charge is 2.20. The summed E-state index contributed by atoms with van der Waals surface area (Å²) < 4.78 is 5.78. The molecule has 6 nitrogen and oxygen atoms in total. The second-order valence-electron chi connectivity index (χ2n) is 7.07. The van der Waals surface area contributed by atoms with Crippen LogP contribution in [0.1, 0.15) is 36.8 Å². The number of hydrogen-bond donors (Lipinski definition) is 3. The van der Waals surface area contributed by atoms with Crippen LogP contribution < -0.4 is 15.4 Å². The Morgan fingerprint density at radius 1 is 1.11 bits per heavy atom. The Balaban J connectivity index is 1.49. The molecule has 0 atom stereocenters. The van der Waals surface area contributed by atoms with Crippen LogP contribution in [0.4, 0.5) is 10.5 Å². The molecule has 1 saturated carbocycles. The number of ether oxygens (including phenoxy) is 1. The summed E-state index contributed by atoms with van der Waals surface area (Å²) >= 11 is 0. The summed E-state index contributed by atoms with van der Waals surface area (Å²) in [6, 6.07) is 17.0. The molecule has 0 saturated heterocycles. The first-order valence-corrected chi connectivity index (χ1v) is 9.55. The first-order valence-electron chi connectivity index (χ1n) is 9.55. The lowest BCUT2D eigenvalue weighted by molar-refractivity contribution is 0.118. The van der Waals surface area contributed by atoms with Crippen molar-refractivity contribution in [3.63, 3.8) is 0 Å². The Hall–Kier alpha value is -3.04.